The molecular weight excluding hydrogens is 246 g/mol. The van der Waals surface area contributed by atoms with E-state index in [0.717, 1.165) is 11.3 Å². The van der Waals surface area contributed by atoms with Gasteiger partial charge < -0.3 is 9.64 Å². The average Bonchev–Trinajstić information content (AvgIpc) is 2.42. The second-order valence-corrected chi connectivity index (χ2v) is 4.20. The molecule has 1 N–H and O–H groups in total. The fourth-order valence-corrected chi connectivity index (χ4v) is 1.84. The van der Waals surface area contributed by atoms with E-state index >= 15 is 0 Å². The zero-order chi connectivity index (χ0) is 13.8. The van der Waals surface area contributed by atoms with Gasteiger partial charge in [0.05, 0.1) is 13.2 Å². The van der Waals surface area contributed by atoms with Gasteiger partial charge in [0, 0.05) is 13.1 Å². The molecule has 1 fully saturated rings. The van der Waals surface area contributed by atoms with E-state index in [-0.39, 0.29) is 6.54 Å². The van der Waals surface area contributed by atoms with Crippen molar-refractivity contribution in [3.05, 3.63) is 29.8 Å². The average molecular weight is 259 g/mol. The number of hydrogen-bond donors (Lipinski definition) is 1. The lowest BCUT2D eigenvalue weighted by Gasteiger charge is -2.29. The number of amides is 3. The van der Waals surface area contributed by atoms with Crippen molar-refractivity contribution in [2.45, 2.75) is 6.54 Å². The zero-order valence-corrected chi connectivity index (χ0v) is 10.4. The monoisotopic (exact) mass is 259 g/mol. The molecule has 0 aromatic heterocycles. The molecular formula is C13H13N3O3. The number of carbonyl (C=O) groups excluding carboxylic acids is 2. The molecule has 98 valence electrons. The number of imide groups is 1. The Morgan fingerprint density at radius 2 is 2.11 bits per heavy atom. The molecule has 1 unspecified atom stereocenters. The van der Waals surface area contributed by atoms with E-state index in [1.54, 1.807) is 19.2 Å². The van der Waals surface area contributed by atoms with E-state index in [2.05, 4.69) is 5.32 Å². The Labute approximate surface area is 110 Å². The summed E-state index contributed by atoms with van der Waals surface area (Å²) in [6.07, 6.45) is 0. The molecule has 3 amide bonds. The number of rotatable bonds is 3. The van der Waals surface area contributed by atoms with Crippen LogP contribution in [0.3, 0.4) is 0 Å². The molecule has 0 spiro atoms. The van der Waals surface area contributed by atoms with Crippen LogP contribution in [0.5, 0.6) is 5.75 Å². The standard InChI is InChI=1S/C13H13N3O3/c1-19-11-4-2-9(3-5-11)7-16-8-10(6-14)12(17)15-13(16)18/h2-5,10H,7-8H2,1H3,(H,15,17,18). The Bertz CT molecular complexity index is 533. The van der Waals surface area contributed by atoms with Crippen molar-refractivity contribution >= 4 is 11.9 Å². The maximum atomic E-state index is 11.7. The van der Waals surface area contributed by atoms with E-state index in [1.807, 2.05) is 18.2 Å². The number of urea groups is 1. The summed E-state index contributed by atoms with van der Waals surface area (Å²) < 4.78 is 5.05. The van der Waals surface area contributed by atoms with Crippen LogP contribution in [0.4, 0.5) is 4.79 Å². The second kappa shape index (κ2) is 5.40. The summed E-state index contributed by atoms with van der Waals surface area (Å²) in [4.78, 5) is 24.4. The highest BCUT2D eigenvalue weighted by Crippen LogP contribution is 2.15. The first kappa shape index (κ1) is 12.9. The van der Waals surface area contributed by atoms with Crippen molar-refractivity contribution < 1.29 is 14.3 Å². The predicted molar refractivity (Wildman–Crippen MR) is 66.0 cm³/mol. The van der Waals surface area contributed by atoms with E-state index in [4.69, 9.17) is 10.00 Å². The number of nitrogens with zero attached hydrogens (tertiary/aromatic N) is 2. The maximum Gasteiger partial charge on any atom is 0.324 e. The number of carbonyl (C=O) groups is 2. The molecule has 2 rings (SSSR count). The van der Waals surface area contributed by atoms with Crippen molar-refractivity contribution in [1.82, 2.24) is 10.2 Å². The van der Waals surface area contributed by atoms with Crippen LogP contribution in [0, 0.1) is 17.2 Å². The van der Waals surface area contributed by atoms with Gasteiger partial charge >= 0.3 is 6.03 Å². The third-order valence-corrected chi connectivity index (χ3v) is 2.93. The summed E-state index contributed by atoms with van der Waals surface area (Å²) in [6, 6.07) is 8.68. The highest BCUT2D eigenvalue weighted by molar-refractivity contribution is 5.99. The van der Waals surface area contributed by atoms with Gasteiger partial charge in [-0.05, 0) is 17.7 Å². The molecule has 6 nitrogen and oxygen atoms in total. The molecule has 1 aromatic rings. The summed E-state index contributed by atoms with van der Waals surface area (Å²) in [5.41, 5.74) is 0.905. The fraction of sp³-hybridized carbons (Fsp3) is 0.308. The summed E-state index contributed by atoms with van der Waals surface area (Å²) in [5, 5.41) is 11.0. The van der Waals surface area contributed by atoms with Crippen LogP contribution in [-0.2, 0) is 11.3 Å². The lowest BCUT2D eigenvalue weighted by molar-refractivity contribution is -0.124. The van der Waals surface area contributed by atoms with Crippen LogP contribution in [0.15, 0.2) is 24.3 Å². The van der Waals surface area contributed by atoms with Crippen LogP contribution in [0.2, 0.25) is 0 Å². The normalized spacial score (nSPS) is 18.7. The molecule has 0 radical (unpaired) electrons. The number of methoxy groups -OCH3 is 1. The predicted octanol–water partition coefficient (Wildman–Crippen LogP) is 0.887. The Morgan fingerprint density at radius 3 is 2.68 bits per heavy atom. The van der Waals surface area contributed by atoms with Crippen LogP contribution < -0.4 is 10.1 Å². The molecule has 0 aliphatic carbocycles. The smallest absolute Gasteiger partial charge is 0.324 e. The highest BCUT2D eigenvalue weighted by Gasteiger charge is 2.31. The summed E-state index contributed by atoms with van der Waals surface area (Å²) in [5.74, 6) is -0.605. The number of hydrogen-bond acceptors (Lipinski definition) is 4. The maximum absolute atomic E-state index is 11.7. The SMILES string of the molecule is COc1ccc(CN2CC(C#N)C(=O)NC2=O)cc1. The second-order valence-electron chi connectivity index (χ2n) is 4.20. The zero-order valence-electron chi connectivity index (χ0n) is 10.4. The molecule has 1 aliphatic rings. The fourth-order valence-electron chi connectivity index (χ4n) is 1.84. The van der Waals surface area contributed by atoms with Crippen molar-refractivity contribution in [3.8, 4) is 11.8 Å². The Morgan fingerprint density at radius 1 is 1.42 bits per heavy atom. The largest absolute Gasteiger partial charge is 0.497 e. The van der Waals surface area contributed by atoms with Gasteiger partial charge in [0.1, 0.15) is 11.7 Å². The first-order chi connectivity index (χ1) is 9.13. The Kier molecular flexibility index (Phi) is 3.66. The van der Waals surface area contributed by atoms with E-state index < -0.39 is 17.9 Å². The number of benzene rings is 1. The Balaban J connectivity index is 2.07. The topological polar surface area (TPSA) is 82.4 Å². The van der Waals surface area contributed by atoms with Gasteiger partial charge in [0.25, 0.3) is 0 Å². The molecule has 0 saturated carbocycles. The van der Waals surface area contributed by atoms with Crippen LogP contribution in [0.25, 0.3) is 0 Å². The highest BCUT2D eigenvalue weighted by atomic mass is 16.5. The van der Waals surface area contributed by atoms with Gasteiger partial charge in [-0.25, -0.2) is 4.79 Å². The minimum Gasteiger partial charge on any atom is -0.497 e. The third-order valence-electron chi connectivity index (χ3n) is 2.93. The van der Waals surface area contributed by atoms with Gasteiger partial charge in [0.2, 0.25) is 5.91 Å². The first-order valence-corrected chi connectivity index (χ1v) is 5.76. The molecule has 19 heavy (non-hydrogen) atoms. The van der Waals surface area contributed by atoms with Crippen molar-refractivity contribution in [1.29, 1.82) is 5.26 Å². The summed E-state index contributed by atoms with van der Waals surface area (Å²) in [6.45, 7) is 0.467. The summed E-state index contributed by atoms with van der Waals surface area (Å²) in [7, 11) is 1.58. The quantitative estimate of drug-likeness (QED) is 0.873. The number of nitriles is 1. The molecule has 1 heterocycles. The Hall–Kier alpha value is -2.55. The molecule has 1 atom stereocenters. The molecule has 1 aliphatic heterocycles. The third kappa shape index (κ3) is 2.83. The van der Waals surface area contributed by atoms with E-state index in [9.17, 15) is 9.59 Å². The van der Waals surface area contributed by atoms with Crippen LogP contribution in [-0.4, -0.2) is 30.5 Å². The number of ether oxygens (including phenoxy) is 1. The number of nitrogens with one attached hydrogen (secondary N) is 1. The van der Waals surface area contributed by atoms with Gasteiger partial charge in [-0.1, -0.05) is 12.1 Å². The van der Waals surface area contributed by atoms with Crippen LogP contribution >= 0.6 is 0 Å². The minimum absolute atomic E-state index is 0.118. The van der Waals surface area contributed by atoms with Gasteiger partial charge in [-0.2, -0.15) is 5.26 Å². The molecule has 1 saturated heterocycles. The molecule has 6 heteroatoms. The van der Waals surface area contributed by atoms with Crippen molar-refractivity contribution in [3.63, 3.8) is 0 Å². The lowest BCUT2D eigenvalue weighted by Crippen LogP contribution is -2.53. The first-order valence-electron chi connectivity index (χ1n) is 5.76. The van der Waals surface area contributed by atoms with Crippen molar-refractivity contribution in [2.75, 3.05) is 13.7 Å². The molecule has 1 aromatic carbocycles. The van der Waals surface area contributed by atoms with E-state index in [1.165, 1.54) is 4.90 Å². The lowest BCUT2D eigenvalue weighted by atomic mass is 10.1. The van der Waals surface area contributed by atoms with E-state index in [0.29, 0.717) is 6.54 Å². The molecule has 0 bridgehead atoms. The summed E-state index contributed by atoms with van der Waals surface area (Å²) >= 11 is 0. The van der Waals surface area contributed by atoms with Gasteiger partial charge in [-0.3, -0.25) is 10.1 Å². The van der Waals surface area contributed by atoms with Crippen LogP contribution in [0.1, 0.15) is 5.56 Å². The van der Waals surface area contributed by atoms with Crippen molar-refractivity contribution in [2.24, 2.45) is 5.92 Å². The van der Waals surface area contributed by atoms with Gasteiger partial charge in [0.15, 0.2) is 0 Å². The van der Waals surface area contributed by atoms with Gasteiger partial charge in [-0.15, -0.1) is 0 Å². The minimum atomic E-state index is -0.809.